The number of benzene rings is 1. The van der Waals surface area contributed by atoms with Crippen LogP contribution in [0.25, 0.3) is 0 Å². The number of hydrogen-bond acceptors (Lipinski definition) is 4. The van der Waals surface area contributed by atoms with Crippen molar-refractivity contribution in [3.05, 3.63) is 29.8 Å². The van der Waals surface area contributed by atoms with Crippen molar-refractivity contribution in [2.24, 2.45) is 5.73 Å². The Morgan fingerprint density at radius 3 is 2.22 bits per heavy atom. The van der Waals surface area contributed by atoms with E-state index >= 15 is 0 Å². The summed E-state index contributed by atoms with van der Waals surface area (Å²) in [5.74, 6) is 0.291. The second kappa shape index (κ2) is 6.31. The lowest BCUT2D eigenvalue weighted by Crippen LogP contribution is -2.33. The van der Waals surface area contributed by atoms with Crippen LogP contribution in [0.5, 0.6) is 0 Å². The van der Waals surface area contributed by atoms with Crippen LogP contribution in [0.3, 0.4) is 0 Å². The zero-order valence-electron chi connectivity index (χ0n) is 11.1. The van der Waals surface area contributed by atoms with E-state index in [1.54, 1.807) is 12.1 Å². The molecule has 4 nitrogen and oxygen atoms in total. The van der Waals surface area contributed by atoms with Crippen LogP contribution in [0.15, 0.2) is 29.2 Å². The Bertz CT molecular complexity index is 466. The summed E-state index contributed by atoms with van der Waals surface area (Å²) >= 11 is 0. The summed E-state index contributed by atoms with van der Waals surface area (Å²) in [6, 6.07) is 6.48. The third kappa shape index (κ3) is 4.08. The maximum absolute atomic E-state index is 12.1. The van der Waals surface area contributed by atoms with Gasteiger partial charge in [0.2, 0.25) is 0 Å². The molecule has 0 amide bonds. The van der Waals surface area contributed by atoms with Gasteiger partial charge in [0.05, 0.1) is 17.3 Å². The highest BCUT2D eigenvalue weighted by Crippen LogP contribution is 2.18. The number of sulfone groups is 1. The molecule has 0 spiro atoms. The van der Waals surface area contributed by atoms with E-state index in [-0.39, 0.29) is 12.4 Å². The molecule has 0 saturated carbocycles. The lowest BCUT2D eigenvalue weighted by Gasteiger charge is -2.12. The van der Waals surface area contributed by atoms with Gasteiger partial charge in [-0.3, -0.25) is 0 Å². The van der Waals surface area contributed by atoms with E-state index in [2.05, 4.69) is 13.8 Å². The average Bonchev–Trinajstić information content (AvgIpc) is 2.28. The second-order valence-electron chi connectivity index (χ2n) is 4.72. The summed E-state index contributed by atoms with van der Waals surface area (Å²) < 4.78 is 29.0. The van der Waals surface area contributed by atoms with E-state index in [1.807, 2.05) is 12.1 Å². The number of hydrogen-bond donors (Lipinski definition) is 1. The van der Waals surface area contributed by atoms with Gasteiger partial charge < -0.3 is 10.5 Å². The minimum absolute atomic E-state index is 0.0954. The third-order valence-corrected chi connectivity index (χ3v) is 4.58. The van der Waals surface area contributed by atoms with Gasteiger partial charge in [0, 0.05) is 13.2 Å². The van der Waals surface area contributed by atoms with Crippen LogP contribution in [-0.4, -0.2) is 33.9 Å². The first-order valence-corrected chi connectivity index (χ1v) is 7.59. The maximum atomic E-state index is 12.1. The Kier molecular flexibility index (Phi) is 5.31. The van der Waals surface area contributed by atoms with E-state index in [1.165, 1.54) is 7.11 Å². The number of rotatable bonds is 6. The van der Waals surface area contributed by atoms with Crippen molar-refractivity contribution < 1.29 is 13.2 Å². The summed E-state index contributed by atoms with van der Waals surface area (Å²) in [7, 11) is -1.83. The van der Waals surface area contributed by atoms with Crippen molar-refractivity contribution in [3.63, 3.8) is 0 Å². The van der Waals surface area contributed by atoms with Gasteiger partial charge in [0.25, 0.3) is 0 Å². The standard InChI is InChI=1S/C13H21NO3S/c1-10(2)11-4-6-13(7-5-11)18(15,16)9-12(14)8-17-3/h4-7,10,12H,8-9,14H2,1-3H3. The van der Waals surface area contributed by atoms with Crippen molar-refractivity contribution in [1.29, 1.82) is 0 Å². The topological polar surface area (TPSA) is 69.4 Å². The molecule has 0 fully saturated rings. The SMILES string of the molecule is COCC(N)CS(=O)(=O)c1ccc(C(C)C)cc1. The molecule has 0 heterocycles. The van der Waals surface area contributed by atoms with Crippen LogP contribution in [-0.2, 0) is 14.6 Å². The second-order valence-corrected chi connectivity index (χ2v) is 6.75. The molecular formula is C13H21NO3S. The Morgan fingerprint density at radius 2 is 1.78 bits per heavy atom. The number of ether oxygens (including phenoxy) is 1. The minimum atomic E-state index is -3.33. The molecule has 0 bridgehead atoms. The fraction of sp³-hybridized carbons (Fsp3) is 0.538. The fourth-order valence-corrected chi connectivity index (χ4v) is 3.10. The zero-order valence-corrected chi connectivity index (χ0v) is 11.9. The van der Waals surface area contributed by atoms with Gasteiger partial charge in [-0.15, -0.1) is 0 Å². The Hall–Kier alpha value is -0.910. The lowest BCUT2D eigenvalue weighted by molar-refractivity contribution is 0.186. The van der Waals surface area contributed by atoms with Gasteiger partial charge in [-0.05, 0) is 23.6 Å². The van der Waals surface area contributed by atoms with Crippen LogP contribution >= 0.6 is 0 Å². The summed E-state index contributed by atoms with van der Waals surface area (Å²) in [5.41, 5.74) is 6.80. The molecule has 1 rings (SSSR count). The highest BCUT2D eigenvalue weighted by Gasteiger charge is 2.18. The molecule has 0 aliphatic carbocycles. The molecule has 1 aromatic rings. The van der Waals surface area contributed by atoms with Gasteiger partial charge >= 0.3 is 0 Å². The summed E-state index contributed by atoms with van der Waals surface area (Å²) in [4.78, 5) is 0.318. The molecule has 1 aromatic carbocycles. The van der Waals surface area contributed by atoms with Gasteiger partial charge in [-0.1, -0.05) is 26.0 Å². The Labute approximate surface area is 109 Å². The zero-order chi connectivity index (χ0) is 13.8. The normalized spacial score (nSPS) is 13.8. The van der Waals surface area contributed by atoms with Crippen molar-refractivity contribution in [1.82, 2.24) is 0 Å². The smallest absolute Gasteiger partial charge is 0.179 e. The van der Waals surface area contributed by atoms with Gasteiger partial charge in [-0.2, -0.15) is 0 Å². The van der Waals surface area contributed by atoms with Crippen molar-refractivity contribution in [2.75, 3.05) is 19.5 Å². The first kappa shape index (κ1) is 15.1. The maximum Gasteiger partial charge on any atom is 0.179 e. The summed E-state index contributed by atoms with van der Waals surface area (Å²) in [6.45, 7) is 4.37. The number of nitrogens with two attached hydrogens (primary N) is 1. The van der Waals surface area contributed by atoms with Gasteiger partial charge in [0.1, 0.15) is 0 Å². The first-order chi connectivity index (χ1) is 8.36. The quantitative estimate of drug-likeness (QED) is 0.852. The molecule has 0 aromatic heterocycles. The molecule has 102 valence electrons. The molecule has 5 heteroatoms. The molecule has 0 radical (unpaired) electrons. The molecule has 2 N–H and O–H groups in total. The van der Waals surface area contributed by atoms with Crippen LogP contribution in [0.1, 0.15) is 25.3 Å². The van der Waals surface area contributed by atoms with Crippen molar-refractivity contribution in [2.45, 2.75) is 30.7 Å². The summed E-state index contributed by atoms with van der Waals surface area (Å²) in [5, 5.41) is 0. The Balaban J connectivity index is 2.85. The molecule has 18 heavy (non-hydrogen) atoms. The predicted molar refractivity (Wildman–Crippen MR) is 72.4 cm³/mol. The van der Waals surface area contributed by atoms with E-state index in [4.69, 9.17) is 10.5 Å². The molecule has 1 atom stereocenters. The highest BCUT2D eigenvalue weighted by molar-refractivity contribution is 7.91. The Morgan fingerprint density at radius 1 is 1.22 bits per heavy atom. The van der Waals surface area contributed by atoms with Crippen LogP contribution in [0.2, 0.25) is 0 Å². The molecule has 0 saturated heterocycles. The highest BCUT2D eigenvalue weighted by atomic mass is 32.2. The average molecular weight is 271 g/mol. The van der Waals surface area contributed by atoms with E-state index in [9.17, 15) is 8.42 Å². The van der Waals surface area contributed by atoms with Gasteiger partial charge in [0.15, 0.2) is 9.84 Å². The molecule has 1 unspecified atom stereocenters. The first-order valence-electron chi connectivity index (χ1n) is 5.94. The van der Waals surface area contributed by atoms with E-state index < -0.39 is 15.9 Å². The minimum Gasteiger partial charge on any atom is -0.383 e. The molecular weight excluding hydrogens is 250 g/mol. The monoisotopic (exact) mass is 271 g/mol. The molecule has 0 aliphatic heterocycles. The summed E-state index contributed by atoms with van der Waals surface area (Å²) in [6.07, 6.45) is 0. The lowest BCUT2D eigenvalue weighted by atomic mass is 10.0. The molecule has 0 aliphatic rings. The number of methoxy groups -OCH3 is 1. The van der Waals surface area contributed by atoms with Crippen molar-refractivity contribution in [3.8, 4) is 0 Å². The van der Waals surface area contributed by atoms with Crippen molar-refractivity contribution >= 4 is 9.84 Å². The van der Waals surface area contributed by atoms with E-state index in [0.29, 0.717) is 10.8 Å². The largest absolute Gasteiger partial charge is 0.383 e. The van der Waals surface area contributed by atoms with E-state index in [0.717, 1.165) is 5.56 Å². The van der Waals surface area contributed by atoms with Crippen LogP contribution in [0.4, 0.5) is 0 Å². The predicted octanol–water partition coefficient (Wildman–Crippen LogP) is 1.56. The van der Waals surface area contributed by atoms with Gasteiger partial charge in [-0.25, -0.2) is 8.42 Å². The third-order valence-electron chi connectivity index (χ3n) is 2.72. The van der Waals surface area contributed by atoms with Crippen LogP contribution < -0.4 is 5.73 Å². The van der Waals surface area contributed by atoms with Crippen LogP contribution in [0, 0.1) is 0 Å². The fourth-order valence-electron chi connectivity index (χ4n) is 1.70.